The first kappa shape index (κ1) is 14.0. The fourth-order valence-electron chi connectivity index (χ4n) is 2.20. The van der Waals surface area contributed by atoms with Crippen molar-refractivity contribution in [3.63, 3.8) is 0 Å². The van der Waals surface area contributed by atoms with Crippen molar-refractivity contribution in [2.24, 2.45) is 5.92 Å². The van der Waals surface area contributed by atoms with Gasteiger partial charge in [0, 0.05) is 5.92 Å². The molecule has 5 heteroatoms. The minimum atomic E-state index is -1.20. The second-order valence-corrected chi connectivity index (χ2v) is 4.75. The van der Waals surface area contributed by atoms with Gasteiger partial charge < -0.3 is 15.5 Å². The topological polar surface area (TPSA) is 86.6 Å². The first-order valence-corrected chi connectivity index (χ1v) is 6.23. The zero-order chi connectivity index (χ0) is 12.8. The van der Waals surface area contributed by atoms with Crippen LogP contribution in [0.15, 0.2) is 0 Å². The molecule has 0 aromatic rings. The lowest BCUT2D eigenvalue weighted by Gasteiger charge is -2.20. The number of rotatable bonds is 4. The molecule has 5 nitrogen and oxygen atoms in total. The third-order valence-corrected chi connectivity index (χ3v) is 3.27. The summed E-state index contributed by atoms with van der Waals surface area (Å²) in [5.41, 5.74) is 0. The molecule has 98 valence electrons. The van der Waals surface area contributed by atoms with Gasteiger partial charge in [0.25, 0.3) is 0 Å². The van der Waals surface area contributed by atoms with Gasteiger partial charge in [0.2, 0.25) is 5.91 Å². The summed E-state index contributed by atoms with van der Waals surface area (Å²) in [7, 11) is 0. The summed E-state index contributed by atoms with van der Waals surface area (Å²) in [6.45, 7) is 1.37. The summed E-state index contributed by atoms with van der Waals surface area (Å²) in [6, 6.07) is -1.20. The number of aliphatic carboxylic acids is 1. The van der Waals surface area contributed by atoms with Gasteiger partial charge in [-0.15, -0.1) is 0 Å². The second-order valence-electron chi connectivity index (χ2n) is 4.75. The molecule has 2 atom stereocenters. The third kappa shape index (κ3) is 4.34. The number of hydrogen-bond donors (Lipinski definition) is 3. The number of nitrogens with one attached hydrogen (secondary N) is 1. The van der Waals surface area contributed by atoms with E-state index in [1.54, 1.807) is 0 Å². The molecule has 0 saturated heterocycles. The maximum absolute atomic E-state index is 11.9. The van der Waals surface area contributed by atoms with Crippen LogP contribution >= 0.6 is 0 Å². The van der Waals surface area contributed by atoms with E-state index in [2.05, 4.69) is 5.32 Å². The highest BCUT2D eigenvalue weighted by atomic mass is 16.4. The zero-order valence-corrected chi connectivity index (χ0v) is 10.2. The largest absolute Gasteiger partial charge is 0.480 e. The predicted molar refractivity (Wildman–Crippen MR) is 62.4 cm³/mol. The molecule has 3 N–H and O–H groups in total. The summed E-state index contributed by atoms with van der Waals surface area (Å²) in [6.07, 6.45) is 4.87. The van der Waals surface area contributed by atoms with Crippen LogP contribution in [0.2, 0.25) is 0 Å². The van der Waals surface area contributed by atoms with Gasteiger partial charge in [0.05, 0.1) is 6.10 Å². The van der Waals surface area contributed by atoms with Gasteiger partial charge in [-0.1, -0.05) is 25.7 Å². The van der Waals surface area contributed by atoms with Gasteiger partial charge in [-0.3, -0.25) is 4.79 Å². The molecule has 0 aliphatic heterocycles. The SMILES string of the molecule is CC(O)C(NC(=O)C1CCCCCC1)C(=O)O. The monoisotopic (exact) mass is 243 g/mol. The first-order chi connectivity index (χ1) is 8.02. The van der Waals surface area contributed by atoms with E-state index in [0.717, 1.165) is 38.5 Å². The van der Waals surface area contributed by atoms with Crippen molar-refractivity contribution in [2.45, 2.75) is 57.6 Å². The van der Waals surface area contributed by atoms with Crippen LogP contribution in [0.25, 0.3) is 0 Å². The smallest absolute Gasteiger partial charge is 0.328 e. The number of carboxylic acids is 1. The molecule has 0 aromatic heterocycles. The summed E-state index contributed by atoms with van der Waals surface area (Å²) in [5.74, 6) is -1.53. The molecular weight excluding hydrogens is 222 g/mol. The van der Waals surface area contributed by atoms with E-state index in [4.69, 9.17) is 5.11 Å². The third-order valence-electron chi connectivity index (χ3n) is 3.27. The Balaban J connectivity index is 2.53. The van der Waals surface area contributed by atoms with Gasteiger partial charge in [0.1, 0.15) is 0 Å². The number of hydrogen-bond acceptors (Lipinski definition) is 3. The molecule has 1 fully saturated rings. The van der Waals surface area contributed by atoms with Gasteiger partial charge >= 0.3 is 5.97 Å². The van der Waals surface area contributed by atoms with Crippen molar-refractivity contribution in [3.8, 4) is 0 Å². The highest BCUT2D eigenvalue weighted by molar-refractivity contribution is 5.85. The van der Waals surface area contributed by atoms with Crippen LogP contribution in [0.3, 0.4) is 0 Å². The van der Waals surface area contributed by atoms with Crippen LogP contribution in [0.4, 0.5) is 0 Å². The molecule has 1 aliphatic rings. The molecule has 17 heavy (non-hydrogen) atoms. The van der Waals surface area contributed by atoms with Gasteiger partial charge in [-0.05, 0) is 19.8 Å². The van der Waals surface area contributed by atoms with Crippen molar-refractivity contribution < 1.29 is 19.8 Å². The van der Waals surface area contributed by atoms with E-state index in [1.165, 1.54) is 6.92 Å². The summed E-state index contributed by atoms with van der Waals surface area (Å²) >= 11 is 0. The summed E-state index contributed by atoms with van der Waals surface area (Å²) in [5, 5.41) is 20.6. The number of carbonyl (C=O) groups is 2. The van der Waals surface area contributed by atoms with E-state index in [0.29, 0.717) is 0 Å². The zero-order valence-electron chi connectivity index (χ0n) is 10.2. The average molecular weight is 243 g/mol. The average Bonchev–Trinajstić information content (AvgIpc) is 2.52. The quantitative estimate of drug-likeness (QED) is 0.640. The molecule has 1 amide bonds. The minimum Gasteiger partial charge on any atom is -0.480 e. The summed E-state index contributed by atoms with van der Waals surface area (Å²) < 4.78 is 0. The fourth-order valence-corrected chi connectivity index (χ4v) is 2.20. The number of aliphatic hydroxyl groups excluding tert-OH is 1. The van der Waals surface area contributed by atoms with Crippen molar-refractivity contribution in [1.82, 2.24) is 5.32 Å². The van der Waals surface area contributed by atoms with Crippen molar-refractivity contribution in [3.05, 3.63) is 0 Å². The Morgan fingerprint density at radius 3 is 2.12 bits per heavy atom. The van der Waals surface area contributed by atoms with E-state index in [1.807, 2.05) is 0 Å². The van der Waals surface area contributed by atoms with Crippen LogP contribution < -0.4 is 5.32 Å². The Morgan fingerprint density at radius 1 is 1.18 bits per heavy atom. The minimum absolute atomic E-state index is 0.0990. The molecule has 2 unspecified atom stereocenters. The van der Waals surface area contributed by atoms with Crippen LogP contribution in [-0.2, 0) is 9.59 Å². The number of carboxylic acid groups (broad SMARTS) is 1. The van der Waals surface area contributed by atoms with Crippen LogP contribution in [0.5, 0.6) is 0 Å². The van der Waals surface area contributed by atoms with Crippen molar-refractivity contribution >= 4 is 11.9 Å². The lowest BCUT2D eigenvalue weighted by Crippen LogP contribution is -2.49. The normalized spacial score (nSPS) is 21.3. The predicted octanol–water partition coefficient (Wildman–Crippen LogP) is 0.907. The lowest BCUT2D eigenvalue weighted by molar-refractivity contribution is -0.145. The number of aliphatic hydroxyl groups is 1. The second kappa shape index (κ2) is 6.59. The molecule has 0 bridgehead atoms. The molecule has 1 saturated carbocycles. The van der Waals surface area contributed by atoms with E-state index < -0.39 is 18.1 Å². The first-order valence-electron chi connectivity index (χ1n) is 6.23. The number of carbonyl (C=O) groups excluding carboxylic acids is 1. The Labute approximate surface area is 101 Å². The maximum Gasteiger partial charge on any atom is 0.328 e. The van der Waals surface area contributed by atoms with Crippen molar-refractivity contribution in [2.75, 3.05) is 0 Å². The van der Waals surface area contributed by atoms with E-state index in [-0.39, 0.29) is 11.8 Å². The summed E-state index contributed by atoms with van der Waals surface area (Å²) in [4.78, 5) is 22.7. The van der Waals surface area contributed by atoms with Crippen LogP contribution in [0, 0.1) is 5.92 Å². The molecule has 0 spiro atoms. The van der Waals surface area contributed by atoms with E-state index in [9.17, 15) is 14.7 Å². The Morgan fingerprint density at radius 2 is 1.71 bits per heavy atom. The fraction of sp³-hybridized carbons (Fsp3) is 0.833. The van der Waals surface area contributed by atoms with Gasteiger partial charge in [-0.2, -0.15) is 0 Å². The standard InChI is InChI=1S/C12H21NO4/c1-8(14)10(12(16)17)13-11(15)9-6-4-2-3-5-7-9/h8-10,14H,2-7H2,1H3,(H,13,15)(H,16,17). The Bertz CT molecular complexity index is 270. The van der Waals surface area contributed by atoms with Gasteiger partial charge in [-0.25, -0.2) is 4.79 Å². The highest BCUT2D eigenvalue weighted by Crippen LogP contribution is 2.23. The maximum atomic E-state index is 11.9. The molecule has 0 radical (unpaired) electrons. The van der Waals surface area contributed by atoms with Crippen LogP contribution in [-0.4, -0.2) is 34.2 Å². The lowest BCUT2D eigenvalue weighted by atomic mass is 9.98. The molecular formula is C12H21NO4. The highest BCUT2D eigenvalue weighted by Gasteiger charge is 2.28. The van der Waals surface area contributed by atoms with Crippen LogP contribution in [0.1, 0.15) is 45.4 Å². The molecule has 1 rings (SSSR count). The molecule has 0 aromatic carbocycles. The number of amides is 1. The Hall–Kier alpha value is -1.10. The molecule has 1 aliphatic carbocycles. The Kier molecular flexibility index (Phi) is 5.41. The van der Waals surface area contributed by atoms with Gasteiger partial charge in [0.15, 0.2) is 6.04 Å². The molecule has 0 heterocycles. The van der Waals surface area contributed by atoms with E-state index >= 15 is 0 Å². The van der Waals surface area contributed by atoms with Crippen molar-refractivity contribution in [1.29, 1.82) is 0 Å².